The fraction of sp³-hybridized carbons (Fsp3) is 0.333. The van der Waals surface area contributed by atoms with Gasteiger partial charge in [0.05, 0.1) is 12.5 Å². The molecule has 0 spiro atoms. The van der Waals surface area contributed by atoms with E-state index in [1.807, 2.05) is 0 Å². The van der Waals surface area contributed by atoms with Crippen molar-refractivity contribution in [2.45, 2.75) is 25.4 Å². The van der Waals surface area contributed by atoms with Crippen LogP contribution in [0, 0.1) is 11.2 Å². The summed E-state index contributed by atoms with van der Waals surface area (Å²) in [7, 11) is 0. The summed E-state index contributed by atoms with van der Waals surface area (Å²) >= 11 is 5.86. The van der Waals surface area contributed by atoms with Crippen LogP contribution in [0.15, 0.2) is 48.5 Å². The molecule has 5 nitrogen and oxygen atoms in total. The van der Waals surface area contributed by atoms with Crippen molar-refractivity contribution in [3.63, 3.8) is 0 Å². The van der Waals surface area contributed by atoms with Crippen molar-refractivity contribution in [3.8, 4) is 0 Å². The average molecular weight is 406 g/mol. The zero-order valence-corrected chi connectivity index (χ0v) is 15.9. The van der Waals surface area contributed by atoms with Crippen LogP contribution >= 0.6 is 11.6 Å². The molecule has 1 aliphatic heterocycles. The van der Waals surface area contributed by atoms with Gasteiger partial charge in [-0.15, -0.1) is 0 Å². The second-order valence-corrected chi connectivity index (χ2v) is 7.62. The van der Waals surface area contributed by atoms with Gasteiger partial charge in [-0.25, -0.2) is 4.39 Å². The van der Waals surface area contributed by atoms with E-state index in [2.05, 4.69) is 0 Å². The Kier molecular flexibility index (Phi) is 6.01. The van der Waals surface area contributed by atoms with Crippen LogP contribution in [0.25, 0.3) is 0 Å². The third-order valence-corrected chi connectivity index (χ3v) is 5.52. The third kappa shape index (κ3) is 4.34. The van der Waals surface area contributed by atoms with Crippen LogP contribution in [0.2, 0.25) is 5.02 Å². The number of piperidine rings is 1. The van der Waals surface area contributed by atoms with Gasteiger partial charge in [-0.05, 0) is 48.2 Å². The lowest BCUT2D eigenvalue weighted by Gasteiger charge is -2.43. The van der Waals surface area contributed by atoms with E-state index in [9.17, 15) is 24.2 Å². The predicted molar refractivity (Wildman–Crippen MR) is 103 cm³/mol. The smallest absolute Gasteiger partial charge is 0.314 e. The molecule has 2 atom stereocenters. The van der Waals surface area contributed by atoms with Gasteiger partial charge < -0.3 is 15.1 Å². The summed E-state index contributed by atoms with van der Waals surface area (Å²) < 4.78 is 13.2. The number of amides is 1. The van der Waals surface area contributed by atoms with Gasteiger partial charge in [0, 0.05) is 18.1 Å². The summed E-state index contributed by atoms with van der Waals surface area (Å²) in [5.74, 6) is -1.80. The molecule has 28 heavy (non-hydrogen) atoms. The number of halogens is 2. The van der Waals surface area contributed by atoms with Gasteiger partial charge in [-0.2, -0.15) is 0 Å². The normalized spacial score (nSPS) is 22.1. The number of hydrogen-bond acceptors (Lipinski definition) is 3. The molecule has 0 aliphatic carbocycles. The molecule has 0 aromatic heterocycles. The summed E-state index contributed by atoms with van der Waals surface area (Å²) in [4.78, 5) is 26.4. The second kappa shape index (κ2) is 8.29. The van der Waals surface area contributed by atoms with Crippen molar-refractivity contribution < 1.29 is 24.2 Å². The molecule has 148 valence electrons. The summed E-state index contributed by atoms with van der Waals surface area (Å²) in [6, 6.07) is 12.4. The summed E-state index contributed by atoms with van der Waals surface area (Å²) in [5, 5.41) is 21.0. The minimum absolute atomic E-state index is 0.00844. The number of carboxylic acid groups (broad SMARTS) is 1. The molecule has 0 unspecified atom stereocenters. The number of aliphatic hydroxyl groups is 1. The Bertz CT molecular complexity index is 856. The van der Waals surface area contributed by atoms with Gasteiger partial charge in [-0.3, -0.25) is 9.59 Å². The number of carbonyl (C=O) groups excluding carboxylic acids is 1. The first kappa shape index (κ1) is 20.3. The molecular weight excluding hydrogens is 385 g/mol. The minimum Gasteiger partial charge on any atom is -0.481 e. The van der Waals surface area contributed by atoms with Gasteiger partial charge in [0.1, 0.15) is 11.2 Å². The van der Waals surface area contributed by atoms with Gasteiger partial charge in [0.15, 0.2) is 0 Å². The average Bonchev–Trinajstić information content (AvgIpc) is 2.67. The van der Waals surface area contributed by atoms with Crippen molar-refractivity contribution in [2.24, 2.45) is 5.41 Å². The Morgan fingerprint density at radius 2 is 1.71 bits per heavy atom. The quantitative estimate of drug-likeness (QED) is 0.801. The van der Waals surface area contributed by atoms with Gasteiger partial charge >= 0.3 is 5.97 Å². The number of hydrogen-bond donors (Lipinski definition) is 2. The molecule has 2 N–H and O–H groups in total. The van der Waals surface area contributed by atoms with Crippen molar-refractivity contribution in [3.05, 3.63) is 70.5 Å². The third-order valence-electron chi connectivity index (χ3n) is 5.26. The maximum Gasteiger partial charge on any atom is 0.314 e. The molecule has 1 fully saturated rings. The van der Waals surface area contributed by atoms with E-state index < -0.39 is 23.3 Å². The Morgan fingerprint density at radius 3 is 2.32 bits per heavy atom. The van der Waals surface area contributed by atoms with E-state index in [1.165, 1.54) is 29.2 Å². The number of carboxylic acids is 1. The zero-order chi connectivity index (χ0) is 20.3. The van der Waals surface area contributed by atoms with Crippen molar-refractivity contribution >= 4 is 23.5 Å². The molecule has 1 heterocycles. The first-order valence-corrected chi connectivity index (χ1v) is 9.36. The topological polar surface area (TPSA) is 77.8 Å². The maximum atomic E-state index is 13.2. The fourth-order valence-corrected chi connectivity index (χ4v) is 3.73. The number of rotatable bonds is 5. The Balaban J connectivity index is 1.79. The lowest BCUT2D eigenvalue weighted by Crippen LogP contribution is -2.58. The number of carbonyl (C=O) groups is 2. The first-order valence-electron chi connectivity index (χ1n) is 8.98. The number of aliphatic carboxylic acids is 1. The molecule has 0 saturated carbocycles. The number of nitrogens with zero attached hydrogens (tertiary/aromatic N) is 1. The molecule has 1 saturated heterocycles. The Labute approximate surface area is 167 Å². The van der Waals surface area contributed by atoms with E-state index in [-0.39, 0.29) is 38.3 Å². The van der Waals surface area contributed by atoms with E-state index in [4.69, 9.17) is 11.6 Å². The largest absolute Gasteiger partial charge is 0.481 e. The fourth-order valence-electron chi connectivity index (χ4n) is 3.61. The van der Waals surface area contributed by atoms with Crippen molar-refractivity contribution in [1.29, 1.82) is 0 Å². The molecule has 2 aromatic rings. The van der Waals surface area contributed by atoms with Crippen LogP contribution in [-0.2, 0) is 22.4 Å². The van der Waals surface area contributed by atoms with Gasteiger partial charge in [0.25, 0.3) is 0 Å². The highest BCUT2D eigenvalue weighted by Gasteiger charge is 2.50. The van der Waals surface area contributed by atoms with Crippen LogP contribution in [0.1, 0.15) is 17.5 Å². The zero-order valence-electron chi connectivity index (χ0n) is 15.1. The second-order valence-electron chi connectivity index (χ2n) is 7.19. The maximum absolute atomic E-state index is 13.2. The standard InChI is InChI=1S/C21H21ClFNO4/c22-16-5-1-14(2-6-16)11-19(26)24-10-9-18(25)21(13-24,20(27)28)12-15-3-7-17(23)8-4-15/h1-8,18,25H,9-13H2,(H,27,28)/t18-,21-/m1/s1. The van der Waals surface area contributed by atoms with Crippen molar-refractivity contribution in [1.82, 2.24) is 4.90 Å². The molecule has 3 rings (SSSR count). The highest BCUT2D eigenvalue weighted by Crippen LogP contribution is 2.35. The van der Waals surface area contributed by atoms with Gasteiger partial charge in [0.2, 0.25) is 5.91 Å². The van der Waals surface area contributed by atoms with Crippen LogP contribution in [0.3, 0.4) is 0 Å². The summed E-state index contributed by atoms with van der Waals surface area (Å²) in [5.41, 5.74) is -0.166. The first-order chi connectivity index (χ1) is 13.3. The van der Waals surface area contributed by atoms with Crippen molar-refractivity contribution in [2.75, 3.05) is 13.1 Å². The molecule has 0 bridgehead atoms. The number of likely N-dealkylation sites (tertiary alicyclic amines) is 1. The van der Waals surface area contributed by atoms with Crippen LogP contribution in [-0.4, -0.2) is 46.2 Å². The molecule has 2 aromatic carbocycles. The lowest BCUT2D eigenvalue weighted by molar-refractivity contribution is -0.165. The van der Waals surface area contributed by atoms with E-state index >= 15 is 0 Å². The summed E-state index contributed by atoms with van der Waals surface area (Å²) in [6.07, 6.45) is -0.803. The molecule has 1 aliphatic rings. The highest BCUT2D eigenvalue weighted by atomic mass is 35.5. The number of benzene rings is 2. The molecular formula is C21H21ClFNO4. The SMILES string of the molecule is O=C(Cc1ccc(Cl)cc1)N1CC[C@@H](O)[C@](Cc2ccc(F)cc2)(C(=O)O)C1. The predicted octanol–water partition coefficient (Wildman–Crippen LogP) is 2.93. The Hall–Kier alpha value is -2.44. The van der Waals surface area contributed by atoms with E-state index in [1.54, 1.807) is 24.3 Å². The monoisotopic (exact) mass is 405 g/mol. The number of aliphatic hydroxyl groups excluding tert-OH is 1. The van der Waals surface area contributed by atoms with Crippen LogP contribution in [0.4, 0.5) is 4.39 Å². The Morgan fingerprint density at radius 1 is 1.11 bits per heavy atom. The highest BCUT2D eigenvalue weighted by molar-refractivity contribution is 6.30. The minimum atomic E-state index is -1.54. The molecule has 7 heteroatoms. The molecule has 0 radical (unpaired) electrons. The van der Waals surface area contributed by atoms with Crippen LogP contribution in [0.5, 0.6) is 0 Å². The van der Waals surface area contributed by atoms with Crippen LogP contribution < -0.4 is 0 Å². The van der Waals surface area contributed by atoms with Gasteiger partial charge in [-0.1, -0.05) is 35.9 Å². The van der Waals surface area contributed by atoms with E-state index in [0.717, 1.165) is 5.56 Å². The lowest BCUT2D eigenvalue weighted by atomic mass is 9.72. The summed E-state index contributed by atoms with van der Waals surface area (Å²) in [6.45, 7) is 0.180. The van der Waals surface area contributed by atoms with E-state index in [0.29, 0.717) is 10.6 Å². The molecule has 1 amide bonds.